The van der Waals surface area contributed by atoms with Gasteiger partial charge in [-0.05, 0) is 12.1 Å². The third-order valence-electron chi connectivity index (χ3n) is 3.03. The average Bonchev–Trinajstić information content (AvgIpc) is 2.57. The van der Waals surface area contributed by atoms with E-state index in [2.05, 4.69) is 5.32 Å². The second-order valence-corrected chi connectivity index (χ2v) is 7.21. The molecule has 0 fully saturated rings. The molecular weight excluding hydrogens is 315 g/mol. The monoisotopic (exact) mass is 328 g/mol. The van der Waals surface area contributed by atoms with Crippen molar-refractivity contribution >= 4 is 33.2 Å². The van der Waals surface area contributed by atoms with Crippen molar-refractivity contribution in [3.8, 4) is 0 Å². The average molecular weight is 328 g/mol. The minimum atomic E-state index is -3.37. The number of halogens is 1. The maximum atomic E-state index is 13.5. The molecule has 0 atom stereocenters. The Kier molecular flexibility index (Phi) is 4.01. The Labute approximate surface area is 126 Å². The van der Waals surface area contributed by atoms with Gasteiger partial charge in [0.15, 0.2) is 0 Å². The lowest BCUT2D eigenvalue weighted by atomic mass is 10.1. The lowest BCUT2D eigenvalue weighted by Gasteiger charge is -2.12. The number of hydrogen-bond acceptors (Lipinski definition) is 5. The van der Waals surface area contributed by atoms with Gasteiger partial charge in [-0.3, -0.25) is 19.3 Å². The lowest BCUT2D eigenvalue weighted by Crippen LogP contribution is -2.34. The maximum absolute atomic E-state index is 13.5. The van der Waals surface area contributed by atoms with E-state index in [1.165, 1.54) is 6.92 Å². The summed E-state index contributed by atoms with van der Waals surface area (Å²) >= 11 is 0. The number of sulfone groups is 1. The first-order valence-corrected chi connectivity index (χ1v) is 8.31. The number of hydrogen-bond donors (Lipinski definition) is 1. The molecule has 22 heavy (non-hydrogen) atoms. The molecule has 1 aliphatic heterocycles. The molecule has 1 heterocycles. The predicted octanol–water partition coefficient (Wildman–Crippen LogP) is 0.425. The van der Waals surface area contributed by atoms with Crippen LogP contribution in [-0.2, 0) is 14.6 Å². The van der Waals surface area contributed by atoms with Crippen molar-refractivity contribution in [1.82, 2.24) is 4.90 Å². The van der Waals surface area contributed by atoms with Crippen LogP contribution in [0.1, 0.15) is 27.6 Å². The fourth-order valence-corrected chi connectivity index (χ4v) is 2.64. The van der Waals surface area contributed by atoms with Crippen LogP contribution < -0.4 is 5.32 Å². The second-order valence-electron chi connectivity index (χ2n) is 4.95. The number of amides is 3. The Morgan fingerprint density at radius 2 is 1.91 bits per heavy atom. The van der Waals surface area contributed by atoms with Gasteiger partial charge < -0.3 is 5.32 Å². The van der Waals surface area contributed by atoms with Crippen molar-refractivity contribution in [2.45, 2.75) is 6.92 Å². The summed E-state index contributed by atoms with van der Waals surface area (Å²) in [5.74, 6) is -3.24. The Morgan fingerprint density at radius 3 is 2.45 bits per heavy atom. The van der Waals surface area contributed by atoms with Crippen LogP contribution in [0, 0.1) is 5.82 Å². The van der Waals surface area contributed by atoms with Crippen molar-refractivity contribution < 1.29 is 27.2 Å². The number of benzene rings is 1. The number of imide groups is 1. The number of nitrogens with one attached hydrogen (secondary N) is 1. The van der Waals surface area contributed by atoms with Crippen LogP contribution in [0.15, 0.2) is 12.1 Å². The maximum Gasteiger partial charge on any atom is 0.263 e. The summed E-state index contributed by atoms with van der Waals surface area (Å²) in [5.41, 5.74) is -0.431. The Morgan fingerprint density at radius 1 is 1.27 bits per heavy atom. The Balaban J connectivity index is 2.42. The first-order chi connectivity index (χ1) is 10.1. The van der Waals surface area contributed by atoms with E-state index in [0.717, 1.165) is 23.3 Å². The highest BCUT2D eigenvalue weighted by atomic mass is 32.2. The van der Waals surface area contributed by atoms with Gasteiger partial charge in [-0.2, -0.15) is 0 Å². The second kappa shape index (κ2) is 5.48. The number of anilines is 1. The van der Waals surface area contributed by atoms with Crippen molar-refractivity contribution in [2.24, 2.45) is 0 Å². The fourth-order valence-electron chi connectivity index (χ4n) is 2.13. The smallest absolute Gasteiger partial charge is 0.263 e. The highest BCUT2D eigenvalue weighted by Gasteiger charge is 2.38. The van der Waals surface area contributed by atoms with Gasteiger partial charge in [-0.1, -0.05) is 0 Å². The molecule has 9 heteroatoms. The summed E-state index contributed by atoms with van der Waals surface area (Å²) in [7, 11) is -3.37. The highest BCUT2D eigenvalue weighted by Crippen LogP contribution is 2.30. The van der Waals surface area contributed by atoms with Gasteiger partial charge in [-0.15, -0.1) is 0 Å². The van der Waals surface area contributed by atoms with Gasteiger partial charge in [0.05, 0.1) is 22.6 Å². The lowest BCUT2D eigenvalue weighted by molar-refractivity contribution is -0.114. The minimum absolute atomic E-state index is 0.109. The van der Waals surface area contributed by atoms with Crippen LogP contribution in [-0.4, -0.2) is 49.6 Å². The van der Waals surface area contributed by atoms with Gasteiger partial charge in [0.2, 0.25) is 5.91 Å². The Bertz CT molecular complexity index is 788. The van der Waals surface area contributed by atoms with E-state index in [0.29, 0.717) is 0 Å². The highest BCUT2D eigenvalue weighted by molar-refractivity contribution is 7.90. The molecule has 0 saturated carbocycles. The van der Waals surface area contributed by atoms with E-state index < -0.39 is 39.1 Å². The molecule has 0 radical (unpaired) electrons. The van der Waals surface area contributed by atoms with E-state index in [1.807, 2.05) is 0 Å². The molecule has 0 aliphatic carbocycles. The molecule has 0 unspecified atom stereocenters. The molecule has 1 N–H and O–H groups in total. The summed E-state index contributed by atoms with van der Waals surface area (Å²) < 4.78 is 35.9. The normalized spacial score (nSPS) is 14.2. The number of fused-ring (bicyclic) bond motifs is 1. The molecule has 0 bridgehead atoms. The number of carbonyl (C=O) groups is 3. The molecular formula is C13H13FN2O5S. The van der Waals surface area contributed by atoms with E-state index >= 15 is 0 Å². The summed E-state index contributed by atoms with van der Waals surface area (Å²) in [6.07, 6.45) is 0.980. The van der Waals surface area contributed by atoms with E-state index in [-0.39, 0.29) is 23.4 Å². The summed E-state index contributed by atoms with van der Waals surface area (Å²) in [6.45, 7) is 0.853. The van der Waals surface area contributed by atoms with Crippen LogP contribution in [0.5, 0.6) is 0 Å². The van der Waals surface area contributed by atoms with Gasteiger partial charge >= 0.3 is 0 Å². The molecule has 7 nitrogen and oxygen atoms in total. The standard InChI is InChI=1S/C13H13FN2O5S/c1-7(17)15-10-6-8(14)5-9-11(10)13(19)16(12(9)18)3-4-22(2,20)21/h5-6H,3-4H2,1-2H3,(H,15,17). The first kappa shape index (κ1) is 16.1. The zero-order valence-electron chi connectivity index (χ0n) is 11.8. The largest absolute Gasteiger partial charge is 0.325 e. The molecule has 118 valence electrons. The molecule has 1 aromatic rings. The Hall–Kier alpha value is -2.29. The van der Waals surface area contributed by atoms with Gasteiger partial charge in [0.1, 0.15) is 15.7 Å². The third kappa shape index (κ3) is 3.14. The molecule has 2 rings (SSSR count). The van der Waals surface area contributed by atoms with E-state index in [9.17, 15) is 27.2 Å². The number of carbonyl (C=O) groups excluding carboxylic acids is 3. The van der Waals surface area contributed by atoms with Crippen molar-refractivity contribution in [1.29, 1.82) is 0 Å². The minimum Gasteiger partial charge on any atom is -0.325 e. The molecule has 1 aliphatic rings. The van der Waals surface area contributed by atoms with Crippen LogP contribution >= 0.6 is 0 Å². The third-order valence-corrected chi connectivity index (χ3v) is 3.96. The van der Waals surface area contributed by atoms with E-state index in [4.69, 9.17) is 0 Å². The fraction of sp³-hybridized carbons (Fsp3) is 0.308. The van der Waals surface area contributed by atoms with Crippen LogP contribution in [0.2, 0.25) is 0 Å². The summed E-state index contributed by atoms with van der Waals surface area (Å²) in [4.78, 5) is 36.3. The van der Waals surface area contributed by atoms with Crippen molar-refractivity contribution in [3.63, 3.8) is 0 Å². The molecule has 0 aromatic heterocycles. The van der Waals surface area contributed by atoms with Crippen LogP contribution in [0.25, 0.3) is 0 Å². The number of nitrogens with zero attached hydrogens (tertiary/aromatic N) is 1. The van der Waals surface area contributed by atoms with Crippen LogP contribution in [0.3, 0.4) is 0 Å². The van der Waals surface area contributed by atoms with Gasteiger partial charge in [-0.25, -0.2) is 12.8 Å². The number of rotatable bonds is 4. The molecule has 0 saturated heterocycles. The summed E-state index contributed by atoms with van der Waals surface area (Å²) in [5, 5.41) is 2.29. The quantitative estimate of drug-likeness (QED) is 0.808. The SMILES string of the molecule is CC(=O)Nc1cc(F)cc2c1C(=O)N(CCS(C)(=O)=O)C2=O. The first-order valence-electron chi connectivity index (χ1n) is 6.25. The van der Waals surface area contributed by atoms with Gasteiger partial charge in [0, 0.05) is 19.7 Å². The van der Waals surface area contributed by atoms with Crippen molar-refractivity contribution in [3.05, 3.63) is 29.1 Å². The predicted molar refractivity (Wildman–Crippen MR) is 75.8 cm³/mol. The van der Waals surface area contributed by atoms with Crippen LogP contribution in [0.4, 0.5) is 10.1 Å². The zero-order valence-corrected chi connectivity index (χ0v) is 12.7. The zero-order chi connectivity index (χ0) is 16.7. The summed E-state index contributed by atoms with van der Waals surface area (Å²) in [6, 6.07) is 1.83. The molecule has 0 spiro atoms. The topological polar surface area (TPSA) is 101 Å². The van der Waals surface area contributed by atoms with Gasteiger partial charge in [0.25, 0.3) is 11.8 Å². The molecule has 3 amide bonds. The van der Waals surface area contributed by atoms with E-state index in [1.54, 1.807) is 0 Å². The van der Waals surface area contributed by atoms with Crippen molar-refractivity contribution in [2.75, 3.05) is 23.9 Å². The molecule has 1 aromatic carbocycles.